The number of rotatable bonds is 10. The van der Waals surface area contributed by atoms with Gasteiger partial charge in [0.25, 0.3) is 5.91 Å². The van der Waals surface area contributed by atoms with Crippen LogP contribution in [0.3, 0.4) is 0 Å². The van der Waals surface area contributed by atoms with Crippen molar-refractivity contribution >= 4 is 35.8 Å². The quantitative estimate of drug-likeness (QED) is 0.198. The monoisotopic (exact) mass is 510 g/mol. The lowest BCUT2D eigenvalue weighted by atomic mass is 10.2. The molecule has 0 radical (unpaired) electrons. The summed E-state index contributed by atoms with van der Waals surface area (Å²) in [4.78, 5) is 15.1. The van der Waals surface area contributed by atoms with E-state index in [2.05, 4.69) is 22.2 Å². The molecule has 2 rings (SSSR count). The second kappa shape index (κ2) is 13.4. The zero-order valence-electron chi connectivity index (χ0n) is 16.4. The van der Waals surface area contributed by atoms with Gasteiger partial charge in [0.1, 0.15) is 18.1 Å². The topological polar surface area (TPSA) is 98.0 Å². The van der Waals surface area contributed by atoms with Crippen molar-refractivity contribution in [2.45, 2.75) is 13.1 Å². The zero-order valence-corrected chi connectivity index (χ0v) is 18.7. The Kier molecular flexibility index (Phi) is 11.2. The lowest BCUT2D eigenvalue weighted by molar-refractivity contribution is -0.119. The van der Waals surface area contributed by atoms with Crippen LogP contribution < -0.4 is 25.8 Å². The van der Waals surface area contributed by atoms with Crippen molar-refractivity contribution in [2.75, 3.05) is 20.3 Å². The van der Waals surface area contributed by atoms with Gasteiger partial charge >= 0.3 is 0 Å². The molecule has 8 heteroatoms. The summed E-state index contributed by atoms with van der Waals surface area (Å²) >= 11 is 0. The highest BCUT2D eigenvalue weighted by Crippen LogP contribution is 2.17. The summed E-state index contributed by atoms with van der Waals surface area (Å²) in [6, 6.07) is 15.3. The molecule has 0 fully saturated rings. The van der Waals surface area contributed by atoms with Gasteiger partial charge in [0.15, 0.2) is 12.6 Å². The number of hydrogen-bond acceptors (Lipinski definition) is 4. The molecule has 2 aromatic rings. The van der Waals surface area contributed by atoms with Crippen molar-refractivity contribution in [3.63, 3.8) is 0 Å². The molecule has 0 heterocycles. The normalized spacial score (nSPS) is 10.4. The molecule has 0 aliphatic carbocycles. The number of nitrogens with zero attached hydrogens (tertiary/aromatic N) is 1. The Bertz CT molecular complexity index is 827. The average Bonchev–Trinajstić information content (AvgIpc) is 2.72. The minimum absolute atomic E-state index is 0. The molecule has 29 heavy (non-hydrogen) atoms. The van der Waals surface area contributed by atoms with Gasteiger partial charge in [-0.3, -0.25) is 9.79 Å². The molecule has 1 amide bonds. The highest BCUT2D eigenvalue weighted by Gasteiger charge is 2.05. The summed E-state index contributed by atoms with van der Waals surface area (Å²) in [6.45, 7) is 5.09. The summed E-state index contributed by atoms with van der Waals surface area (Å²) < 4.78 is 11.0. The summed E-state index contributed by atoms with van der Waals surface area (Å²) in [5.74, 6) is 1.55. The minimum Gasteiger partial charge on any atom is -0.489 e. The molecule has 0 bridgehead atoms. The molecule has 0 saturated carbocycles. The number of hydrogen-bond donors (Lipinski definition) is 3. The molecule has 0 aromatic heterocycles. The third kappa shape index (κ3) is 8.86. The third-order valence-corrected chi connectivity index (χ3v) is 3.74. The second-order valence-electron chi connectivity index (χ2n) is 5.89. The van der Waals surface area contributed by atoms with Crippen LogP contribution in [-0.2, 0) is 17.9 Å². The van der Waals surface area contributed by atoms with Gasteiger partial charge in [-0.2, -0.15) is 0 Å². The van der Waals surface area contributed by atoms with E-state index in [0.29, 0.717) is 31.4 Å². The molecule has 2 aromatic carbocycles. The first-order chi connectivity index (χ1) is 13.6. The van der Waals surface area contributed by atoms with E-state index in [4.69, 9.17) is 15.2 Å². The van der Waals surface area contributed by atoms with Crippen LogP contribution in [0.5, 0.6) is 11.5 Å². The van der Waals surface area contributed by atoms with E-state index in [1.165, 1.54) is 0 Å². The number of carbonyl (C=O) groups is 1. The SMILES string of the molecule is C=CCOc1ccccc1CNC(=NC)NCc1cccc(OCC(N)=O)c1.I. The number of guanidine groups is 1. The van der Waals surface area contributed by atoms with Crippen LogP contribution in [-0.4, -0.2) is 32.1 Å². The van der Waals surface area contributed by atoms with Crippen molar-refractivity contribution in [3.05, 3.63) is 72.3 Å². The number of benzene rings is 2. The minimum atomic E-state index is -0.509. The summed E-state index contributed by atoms with van der Waals surface area (Å²) in [7, 11) is 1.71. The molecule has 0 aliphatic heterocycles. The van der Waals surface area contributed by atoms with Crippen molar-refractivity contribution < 1.29 is 14.3 Å². The Morgan fingerprint density at radius 2 is 1.90 bits per heavy atom. The summed E-state index contributed by atoms with van der Waals surface area (Å²) in [5.41, 5.74) is 7.11. The van der Waals surface area contributed by atoms with Crippen LogP contribution in [0.1, 0.15) is 11.1 Å². The average molecular weight is 510 g/mol. The number of nitrogens with one attached hydrogen (secondary N) is 2. The Hall–Kier alpha value is -2.75. The Balaban J connectivity index is 0.00000420. The Morgan fingerprint density at radius 1 is 1.14 bits per heavy atom. The second-order valence-corrected chi connectivity index (χ2v) is 5.89. The van der Waals surface area contributed by atoms with E-state index < -0.39 is 5.91 Å². The highest BCUT2D eigenvalue weighted by molar-refractivity contribution is 14.0. The molecular weight excluding hydrogens is 483 g/mol. The lowest BCUT2D eigenvalue weighted by Gasteiger charge is -2.15. The van der Waals surface area contributed by atoms with Crippen molar-refractivity contribution in [3.8, 4) is 11.5 Å². The molecule has 0 saturated heterocycles. The maximum absolute atomic E-state index is 10.8. The van der Waals surface area contributed by atoms with Gasteiger partial charge in [-0.05, 0) is 23.8 Å². The summed E-state index contributed by atoms with van der Waals surface area (Å²) in [5, 5.41) is 6.51. The first-order valence-corrected chi connectivity index (χ1v) is 8.88. The number of para-hydroxylation sites is 1. The first-order valence-electron chi connectivity index (χ1n) is 8.88. The van der Waals surface area contributed by atoms with Crippen molar-refractivity contribution in [1.82, 2.24) is 10.6 Å². The van der Waals surface area contributed by atoms with Gasteiger partial charge < -0.3 is 25.8 Å². The number of halogens is 1. The van der Waals surface area contributed by atoms with E-state index in [-0.39, 0.29) is 30.6 Å². The zero-order chi connectivity index (χ0) is 20.2. The molecule has 7 nitrogen and oxygen atoms in total. The standard InChI is InChI=1S/C21H26N4O3.HI/c1-3-11-27-19-10-5-4-8-17(19)14-25-21(23-2)24-13-16-7-6-9-18(12-16)28-15-20(22)26;/h3-10,12H,1,11,13-15H2,2H3,(H2,22,26)(H2,23,24,25);1H. The fraction of sp³-hybridized carbons (Fsp3) is 0.238. The Labute approximate surface area is 188 Å². The first kappa shape index (κ1) is 24.3. The number of ether oxygens (including phenoxy) is 2. The third-order valence-electron chi connectivity index (χ3n) is 3.74. The van der Waals surface area contributed by atoms with Gasteiger partial charge in [0.2, 0.25) is 0 Å². The van der Waals surface area contributed by atoms with Crippen LogP contribution in [0.15, 0.2) is 66.2 Å². The molecule has 4 N–H and O–H groups in total. The van der Waals surface area contributed by atoms with Crippen LogP contribution >= 0.6 is 24.0 Å². The van der Waals surface area contributed by atoms with Gasteiger partial charge in [-0.25, -0.2) is 0 Å². The molecule has 0 aliphatic rings. The van der Waals surface area contributed by atoms with Crippen molar-refractivity contribution in [1.29, 1.82) is 0 Å². The van der Waals surface area contributed by atoms with E-state index in [0.717, 1.165) is 16.9 Å². The van der Waals surface area contributed by atoms with E-state index in [9.17, 15) is 4.79 Å². The van der Waals surface area contributed by atoms with Crippen LogP contribution in [0.4, 0.5) is 0 Å². The van der Waals surface area contributed by atoms with E-state index >= 15 is 0 Å². The van der Waals surface area contributed by atoms with Gasteiger partial charge in [-0.15, -0.1) is 24.0 Å². The maximum Gasteiger partial charge on any atom is 0.255 e. The fourth-order valence-corrected chi connectivity index (χ4v) is 2.42. The van der Waals surface area contributed by atoms with Crippen LogP contribution in [0, 0.1) is 0 Å². The van der Waals surface area contributed by atoms with E-state index in [1.54, 1.807) is 19.2 Å². The summed E-state index contributed by atoms with van der Waals surface area (Å²) in [6.07, 6.45) is 1.71. The Morgan fingerprint density at radius 3 is 2.62 bits per heavy atom. The number of primary amides is 1. The smallest absolute Gasteiger partial charge is 0.255 e. The molecule has 0 unspecified atom stereocenters. The highest BCUT2D eigenvalue weighted by atomic mass is 127. The number of nitrogens with two attached hydrogens (primary N) is 1. The molecule has 156 valence electrons. The molecule has 0 spiro atoms. The fourth-order valence-electron chi connectivity index (χ4n) is 2.42. The van der Waals surface area contributed by atoms with Crippen LogP contribution in [0.25, 0.3) is 0 Å². The number of aliphatic imine (C=N–C) groups is 1. The predicted octanol–water partition coefficient (Wildman–Crippen LogP) is 2.60. The van der Waals surface area contributed by atoms with E-state index in [1.807, 2.05) is 42.5 Å². The molecular formula is C21H27IN4O3. The number of carbonyl (C=O) groups excluding carboxylic acids is 1. The largest absolute Gasteiger partial charge is 0.489 e. The lowest BCUT2D eigenvalue weighted by Crippen LogP contribution is -2.36. The maximum atomic E-state index is 10.8. The van der Waals surface area contributed by atoms with Gasteiger partial charge in [-0.1, -0.05) is 43.0 Å². The van der Waals surface area contributed by atoms with Crippen molar-refractivity contribution in [2.24, 2.45) is 10.7 Å². The number of amides is 1. The molecule has 0 atom stereocenters. The predicted molar refractivity (Wildman–Crippen MR) is 126 cm³/mol. The van der Waals surface area contributed by atoms with Gasteiger partial charge in [0, 0.05) is 25.7 Å². The van der Waals surface area contributed by atoms with Crippen LogP contribution in [0.2, 0.25) is 0 Å². The van der Waals surface area contributed by atoms with Gasteiger partial charge in [0.05, 0.1) is 0 Å².